The van der Waals surface area contributed by atoms with Crippen molar-refractivity contribution in [3.8, 4) is 11.1 Å². The summed E-state index contributed by atoms with van der Waals surface area (Å²) in [4.78, 5) is 9.45. The van der Waals surface area contributed by atoms with E-state index in [1.807, 2.05) is 12.1 Å². The molecule has 0 aliphatic heterocycles. The Bertz CT molecular complexity index is 4840. The number of hydrogen-bond acceptors (Lipinski definition) is 6. The Hall–Kier alpha value is -9.22. The molecule has 0 saturated heterocycles. The third-order valence-corrected chi connectivity index (χ3v) is 21.3. The number of benzene rings is 10. The van der Waals surface area contributed by atoms with Crippen molar-refractivity contribution in [3.05, 3.63) is 258 Å². The summed E-state index contributed by atoms with van der Waals surface area (Å²) in [6.45, 7) is 18.9. The number of aryl methyl sites for hydroxylation is 2. The smallest absolute Gasteiger partial charge is 0.227 e. The Balaban J connectivity index is 1.05. The van der Waals surface area contributed by atoms with Crippen molar-refractivity contribution in [1.82, 2.24) is 4.98 Å². The summed E-state index contributed by atoms with van der Waals surface area (Å²) in [6, 6.07) is 80.9. The standard InChI is InChI=1S/C74H61N3O3Si2/c1-46-16-13-18-48(40-46)74(49-19-14-17-47(2)41-49)63-42-52(76(50-25-32-55(33-26-50)81(3,4)5)53-29-36-58-57-20-9-11-23-66(57)78-68(58)43-53)31-38-61(63)70-64(74)45-65(72-71(70)62-21-10-12-24-67(62)79-72)77(51-27-34-56(35-28-51)82(6,7)8)54-30-37-59-60-22-15-39-75-73(60)80-69(59)44-54/h9-45H,1-8H3. The number of furan rings is 3. The average Bonchev–Trinajstić information content (AvgIpc) is 1.65. The van der Waals surface area contributed by atoms with Gasteiger partial charge in [-0.25, -0.2) is 4.98 Å². The zero-order valence-corrected chi connectivity index (χ0v) is 49.4. The fraction of sp³-hybridized carbons (Fsp3) is 0.122. The molecule has 6 nitrogen and oxygen atoms in total. The monoisotopic (exact) mass is 1100 g/mol. The van der Waals surface area contributed by atoms with E-state index >= 15 is 0 Å². The number of rotatable bonds is 10. The van der Waals surface area contributed by atoms with E-state index in [-0.39, 0.29) is 0 Å². The van der Waals surface area contributed by atoms with Crippen LogP contribution in [0.4, 0.5) is 34.1 Å². The molecule has 82 heavy (non-hydrogen) atoms. The molecule has 1 aliphatic carbocycles. The van der Waals surface area contributed by atoms with E-state index in [0.29, 0.717) is 5.71 Å². The molecule has 0 bridgehead atoms. The van der Waals surface area contributed by atoms with Crippen LogP contribution < -0.4 is 20.2 Å². The molecule has 0 spiro atoms. The third-order valence-electron chi connectivity index (χ3n) is 17.2. The Morgan fingerprint density at radius 1 is 0.390 bits per heavy atom. The van der Waals surface area contributed by atoms with Gasteiger partial charge < -0.3 is 23.1 Å². The molecule has 14 aromatic rings. The fourth-order valence-electron chi connectivity index (χ4n) is 13.2. The van der Waals surface area contributed by atoms with Gasteiger partial charge in [0, 0.05) is 73.4 Å². The van der Waals surface area contributed by atoms with Gasteiger partial charge in [-0.15, -0.1) is 0 Å². The minimum Gasteiger partial charge on any atom is -0.456 e. The molecule has 0 fully saturated rings. The minimum absolute atomic E-state index is 0.619. The molecular weight excluding hydrogens is 1040 g/mol. The quantitative estimate of drug-likeness (QED) is 0.127. The van der Waals surface area contributed by atoms with Crippen LogP contribution in [0.2, 0.25) is 39.3 Å². The van der Waals surface area contributed by atoms with Crippen molar-refractivity contribution >= 4 is 127 Å². The second-order valence-electron chi connectivity index (χ2n) is 24.5. The molecule has 15 rings (SSSR count). The predicted molar refractivity (Wildman–Crippen MR) is 348 cm³/mol. The number of hydrogen-bond donors (Lipinski definition) is 0. The summed E-state index contributed by atoms with van der Waals surface area (Å²) in [5.41, 5.74) is 19.4. The number of fused-ring (bicyclic) bond motifs is 13. The highest BCUT2D eigenvalue weighted by Gasteiger charge is 2.49. The van der Waals surface area contributed by atoms with Crippen LogP contribution in [0.25, 0.3) is 77.1 Å². The first-order chi connectivity index (χ1) is 39.7. The van der Waals surface area contributed by atoms with E-state index in [1.165, 1.54) is 43.8 Å². The van der Waals surface area contributed by atoms with Gasteiger partial charge >= 0.3 is 0 Å². The lowest BCUT2D eigenvalue weighted by molar-refractivity contribution is 0.654. The molecule has 0 radical (unpaired) electrons. The fourth-order valence-corrected chi connectivity index (χ4v) is 15.5. The second kappa shape index (κ2) is 18.4. The van der Waals surface area contributed by atoms with Gasteiger partial charge in [0.15, 0.2) is 5.58 Å². The summed E-state index contributed by atoms with van der Waals surface area (Å²) in [6.07, 6.45) is 1.79. The number of para-hydroxylation sites is 2. The van der Waals surface area contributed by atoms with Crippen molar-refractivity contribution in [1.29, 1.82) is 0 Å². The maximum absolute atomic E-state index is 7.36. The van der Waals surface area contributed by atoms with Gasteiger partial charge in [-0.3, -0.25) is 0 Å². The molecule has 0 unspecified atom stereocenters. The molecule has 1 aliphatic rings. The topological polar surface area (TPSA) is 58.8 Å². The van der Waals surface area contributed by atoms with Gasteiger partial charge in [-0.1, -0.05) is 176 Å². The summed E-state index contributed by atoms with van der Waals surface area (Å²) < 4.78 is 20.6. The summed E-state index contributed by atoms with van der Waals surface area (Å²) in [7, 11) is -3.31. The van der Waals surface area contributed by atoms with Crippen molar-refractivity contribution in [2.75, 3.05) is 9.80 Å². The van der Waals surface area contributed by atoms with E-state index in [4.69, 9.17) is 13.3 Å². The zero-order valence-electron chi connectivity index (χ0n) is 47.4. The lowest BCUT2D eigenvalue weighted by atomic mass is 9.67. The lowest BCUT2D eigenvalue weighted by Crippen LogP contribution is -2.37. The van der Waals surface area contributed by atoms with Crippen LogP contribution in [-0.2, 0) is 5.41 Å². The number of pyridine rings is 1. The van der Waals surface area contributed by atoms with Gasteiger partial charge in [0.05, 0.1) is 32.9 Å². The maximum atomic E-state index is 7.36. The third kappa shape index (κ3) is 7.76. The summed E-state index contributed by atoms with van der Waals surface area (Å²) in [5, 5.41) is 9.15. The number of aromatic nitrogens is 1. The molecule has 0 saturated carbocycles. The van der Waals surface area contributed by atoms with Crippen LogP contribution in [0.15, 0.2) is 238 Å². The summed E-state index contributed by atoms with van der Waals surface area (Å²) in [5.74, 6) is 0. The van der Waals surface area contributed by atoms with Gasteiger partial charge in [-0.2, -0.15) is 0 Å². The average molecular weight is 1100 g/mol. The normalized spacial score (nSPS) is 13.2. The first kappa shape index (κ1) is 49.8. The molecule has 398 valence electrons. The first-order valence-corrected chi connectivity index (χ1v) is 35.5. The van der Waals surface area contributed by atoms with Gasteiger partial charge in [0.1, 0.15) is 22.3 Å². The van der Waals surface area contributed by atoms with Crippen LogP contribution in [0.3, 0.4) is 0 Å². The van der Waals surface area contributed by atoms with Crippen molar-refractivity contribution < 1.29 is 13.3 Å². The van der Waals surface area contributed by atoms with Crippen LogP contribution >= 0.6 is 0 Å². The molecular formula is C74H61N3O3Si2. The van der Waals surface area contributed by atoms with E-state index in [2.05, 4.69) is 274 Å². The van der Waals surface area contributed by atoms with Crippen LogP contribution in [0, 0.1) is 13.8 Å². The lowest BCUT2D eigenvalue weighted by Gasteiger charge is -2.36. The summed E-state index contributed by atoms with van der Waals surface area (Å²) >= 11 is 0. The Morgan fingerprint density at radius 2 is 0.902 bits per heavy atom. The Morgan fingerprint density at radius 3 is 1.54 bits per heavy atom. The number of nitrogens with zero attached hydrogens (tertiary/aromatic N) is 3. The molecule has 4 heterocycles. The first-order valence-electron chi connectivity index (χ1n) is 28.5. The molecule has 4 aromatic heterocycles. The van der Waals surface area contributed by atoms with E-state index in [9.17, 15) is 0 Å². The zero-order chi connectivity index (χ0) is 55.8. The Kier molecular flexibility index (Phi) is 11.2. The molecule has 0 amide bonds. The van der Waals surface area contributed by atoms with E-state index in [1.54, 1.807) is 6.20 Å². The van der Waals surface area contributed by atoms with Crippen molar-refractivity contribution in [3.63, 3.8) is 0 Å². The predicted octanol–water partition coefficient (Wildman–Crippen LogP) is 19.8. The van der Waals surface area contributed by atoms with E-state index in [0.717, 1.165) is 105 Å². The highest BCUT2D eigenvalue weighted by atomic mass is 28.3. The second-order valence-corrected chi connectivity index (χ2v) is 34.7. The minimum atomic E-state index is -1.68. The van der Waals surface area contributed by atoms with Crippen molar-refractivity contribution in [2.45, 2.75) is 58.5 Å². The maximum Gasteiger partial charge on any atom is 0.227 e. The van der Waals surface area contributed by atoms with E-state index < -0.39 is 21.6 Å². The van der Waals surface area contributed by atoms with Crippen LogP contribution in [0.5, 0.6) is 0 Å². The SMILES string of the molecule is Cc1cccc(C2(c3cccc(C)c3)c3cc(N(c4ccc([Si](C)(C)C)cc4)c4ccc5c(c4)oc4ccccc45)ccc3-c3c2cc(N(c2ccc([Si](C)(C)C)cc2)c2ccc4c(c2)oc2ncccc24)c2oc4ccccc4c32)c1. The highest BCUT2D eigenvalue weighted by Crippen LogP contribution is 2.62. The van der Waals surface area contributed by atoms with Crippen molar-refractivity contribution in [2.24, 2.45) is 0 Å². The van der Waals surface area contributed by atoms with Gasteiger partial charge in [0.2, 0.25) is 5.71 Å². The number of anilines is 6. The molecule has 0 N–H and O–H groups in total. The van der Waals surface area contributed by atoms with Crippen LogP contribution in [0.1, 0.15) is 33.4 Å². The highest BCUT2D eigenvalue weighted by molar-refractivity contribution is 6.89. The molecule has 0 atom stereocenters. The van der Waals surface area contributed by atoms with Gasteiger partial charge in [0.25, 0.3) is 0 Å². The van der Waals surface area contributed by atoms with Crippen LogP contribution in [-0.4, -0.2) is 21.1 Å². The Labute approximate surface area is 479 Å². The molecule has 10 aromatic carbocycles. The molecule has 8 heteroatoms. The van der Waals surface area contributed by atoms with Gasteiger partial charge in [-0.05, 0) is 138 Å². The largest absolute Gasteiger partial charge is 0.456 e.